The molecule has 19 heavy (non-hydrogen) atoms. The number of nitrogens with two attached hydrogens (primary N) is 1. The van der Waals surface area contributed by atoms with Crippen LogP contribution in [0.1, 0.15) is 30.4 Å². The third-order valence-electron chi connectivity index (χ3n) is 3.33. The van der Waals surface area contributed by atoms with Crippen molar-refractivity contribution >= 4 is 17.6 Å². The van der Waals surface area contributed by atoms with Gasteiger partial charge in [-0.25, -0.2) is 4.79 Å². The molecule has 2 amide bonds. The first-order valence-corrected chi connectivity index (χ1v) is 6.26. The van der Waals surface area contributed by atoms with E-state index in [1.807, 2.05) is 13.0 Å². The Labute approximate surface area is 111 Å². The number of hydrogen-bond donors (Lipinski definition) is 4. The Morgan fingerprint density at radius 2 is 2.21 bits per heavy atom. The molecule has 1 aliphatic carbocycles. The van der Waals surface area contributed by atoms with Crippen molar-refractivity contribution in [2.45, 2.75) is 32.2 Å². The molecule has 1 fully saturated rings. The molecule has 0 radical (unpaired) electrons. The lowest BCUT2D eigenvalue weighted by Crippen LogP contribution is -2.42. The number of nitrogens with one attached hydrogen (secondary N) is 2. The van der Waals surface area contributed by atoms with Crippen LogP contribution in [0.5, 0.6) is 0 Å². The average Bonchev–Trinajstić information content (AvgIpc) is 2.35. The molecule has 1 aromatic carbocycles. The van der Waals surface area contributed by atoms with Gasteiger partial charge in [-0.15, -0.1) is 0 Å². The molecular formula is C13H18N4O2. The molecule has 0 saturated heterocycles. The topological polar surface area (TPSA) is 99.7 Å². The minimum atomic E-state index is -0.218. The van der Waals surface area contributed by atoms with Gasteiger partial charge >= 0.3 is 6.03 Å². The van der Waals surface area contributed by atoms with Crippen molar-refractivity contribution in [1.29, 1.82) is 0 Å². The van der Waals surface area contributed by atoms with Crippen LogP contribution in [0.2, 0.25) is 0 Å². The molecule has 6 nitrogen and oxygen atoms in total. The maximum atomic E-state index is 11.8. The molecule has 0 unspecified atom stereocenters. The first kappa shape index (κ1) is 13.2. The zero-order valence-corrected chi connectivity index (χ0v) is 10.8. The van der Waals surface area contributed by atoms with Crippen molar-refractivity contribution < 1.29 is 10.0 Å². The average molecular weight is 262 g/mol. The summed E-state index contributed by atoms with van der Waals surface area (Å²) in [7, 11) is 0. The van der Waals surface area contributed by atoms with E-state index in [-0.39, 0.29) is 17.9 Å². The van der Waals surface area contributed by atoms with E-state index in [9.17, 15) is 4.79 Å². The van der Waals surface area contributed by atoms with Gasteiger partial charge in [-0.2, -0.15) is 0 Å². The monoisotopic (exact) mass is 262 g/mol. The number of oxime groups is 1. The van der Waals surface area contributed by atoms with Crippen molar-refractivity contribution in [2.75, 3.05) is 5.32 Å². The molecule has 0 heterocycles. The first-order valence-electron chi connectivity index (χ1n) is 6.26. The van der Waals surface area contributed by atoms with E-state index in [0.717, 1.165) is 18.4 Å². The molecule has 0 spiro atoms. The second kappa shape index (κ2) is 5.60. The Morgan fingerprint density at radius 1 is 1.47 bits per heavy atom. The zero-order valence-electron chi connectivity index (χ0n) is 10.8. The Morgan fingerprint density at radius 3 is 2.79 bits per heavy atom. The van der Waals surface area contributed by atoms with Gasteiger partial charge < -0.3 is 21.6 Å². The highest BCUT2D eigenvalue weighted by atomic mass is 16.4. The van der Waals surface area contributed by atoms with Crippen LogP contribution in [0.25, 0.3) is 0 Å². The predicted molar refractivity (Wildman–Crippen MR) is 73.5 cm³/mol. The van der Waals surface area contributed by atoms with Gasteiger partial charge in [-0.3, -0.25) is 0 Å². The van der Waals surface area contributed by atoms with Gasteiger partial charge in [0, 0.05) is 17.3 Å². The molecule has 1 aromatic rings. The van der Waals surface area contributed by atoms with Gasteiger partial charge in [0.25, 0.3) is 0 Å². The van der Waals surface area contributed by atoms with E-state index >= 15 is 0 Å². The molecule has 0 aliphatic heterocycles. The third-order valence-corrected chi connectivity index (χ3v) is 3.33. The molecular weight excluding hydrogens is 244 g/mol. The quantitative estimate of drug-likeness (QED) is 0.289. The fraction of sp³-hybridized carbons (Fsp3) is 0.385. The van der Waals surface area contributed by atoms with Gasteiger partial charge in [0.05, 0.1) is 0 Å². The van der Waals surface area contributed by atoms with Gasteiger partial charge in [-0.1, -0.05) is 17.3 Å². The minimum Gasteiger partial charge on any atom is -0.409 e. The zero-order chi connectivity index (χ0) is 13.8. The molecule has 5 N–H and O–H groups in total. The van der Waals surface area contributed by atoms with Gasteiger partial charge in [-0.05, 0) is 37.8 Å². The van der Waals surface area contributed by atoms with Crippen molar-refractivity contribution in [1.82, 2.24) is 5.32 Å². The predicted octanol–water partition coefficient (Wildman–Crippen LogP) is 1.76. The van der Waals surface area contributed by atoms with Crippen LogP contribution in [0.15, 0.2) is 23.4 Å². The highest BCUT2D eigenvalue weighted by Gasteiger charge is 2.19. The van der Waals surface area contributed by atoms with Crippen LogP contribution in [-0.2, 0) is 0 Å². The van der Waals surface area contributed by atoms with E-state index in [0.29, 0.717) is 11.3 Å². The second-order valence-electron chi connectivity index (χ2n) is 4.74. The molecule has 0 atom stereocenters. The largest absolute Gasteiger partial charge is 0.409 e. The fourth-order valence-electron chi connectivity index (χ4n) is 1.87. The summed E-state index contributed by atoms with van der Waals surface area (Å²) in [5.74, 6) is 0.0162. The summed E-state index contributed by atoms with van der Waals surface area (Å²) in [6.07, 6.45) is 3.25. The number of aryl methyl sites for hydroxylation is 1. The SMILES string of the molecule is Cc1ccc(/C(N)=N/O)cc1NC(=O)NC1CCC1. The van der Waals surface area contributed by atoms with Crippen LogP contribution >= 0.6 is 0 Å². The van der Waals surface area contributed by atoms with Crippen LogP contribution in [0.4, 0.5) is 10.5 Å². The summed E-state index contributed by atoms with van der Waals surface area (Å²) >= 11 is 0. The van der Waals surface area contributed by atoms with E-state index < -0.39 is 0 Å². The van der Waals surface area contributed by atoms with Crippen LogP contribution in [0.3, 0.4) is 0 Å². The van der Waals surface area contributed by atoms with Crippen LogP contribution in [-0.4, -0.2) is 23.1 Å². The number of anilines is 1. The van der Waals surface area contributed by atoms with Crippen molar-refractivity contribution in [3.05, 3.63) is 29.3 Å². The molecule has 6 heteroatoms. The highest BCUT2D eigenvalue weighted by molar-refractivity contribution is 5.99. The summed E-state index contributed by atoms with van der Waals surface area (Å²) in [6, 6.07) is 5.30. The van der Waals surface area contributed by atoms with Gasteiger partial charge in [0.1, 0.15) is 0 Å². The molecule has 2 rings (SSSR count). The van der Waals surface area contributed by atoms with Crippen LogP contribution < -0.4 is 16.4 Å². The lowest BCUT2D eigenvalue weighted by atomic mass is 9.93. The van der Waals surface area contributed by atoms with Crippen molar-refractivity contribution in [3.63, 3.8) is 0 Å². The summed E-state index contributed by atoms with van der Waals surface area (Å²) in [4.78, 5) is 11.8. The molecule has 102 valence electrons. The second-order valence-corrected chi connectivity index (χ2v) is 4.74. The molecule has 1 aliphatic rings. The van der Waals surface area contributed by atoms with Gasteiger partial charge in [0.2, 0.25) is 0 Å². The van der Waals surface area contributed by atoms with Crippen molar-refractivity contribution in [2.24, 2.45) is 10.9 Å². The van der Waals surface area contributed by atoms with Crippen molar-refractivity contribution in [3.8, 4) is 0 Å². The summed E-state index contributed by atoms with van der Waals surface area (Å²) in [5, 5.41) is 17.3. The Bertz CT molecular complexity index is 509. The Balaban J connectivity index is 2.07. The number of benzene rings is 1. The van der Waals surface area contributed by atoms with Crippen LogP contribution in [0, 0.1) is 6.92 Å². The molecule has 1 saturated carbocycles. The standard InChI is InChI=1S/C13H18N4O2/c1-8-5-6-9(12(14)17-19)7-11(8)16-13(18)15-10-3-2-4-10/h5-7,10,19H,2-4H2,1H3,(H2,14,17)(H2,15,16,18). The number of carbonyl (C=O) groups is 1. The number of nitrogens with zero attached hydrogens (tertiary/aromatic N) is 1. The summed E-state index contributed by atoms with van der Waals surface area (Å²) < 4.78 is 0. The fourth-order valence-corrected chi connectivity index (χ4v) is 1.87. The van der Waals surface area contributed by atoms with E-state index in [1.54, 1.807) is 12.1 Å². The number of amidine groups is 1. The molecule has 0 bridgehead atoms. The number of rotatable bonds is 3. The number of hydrogen-bond acceptors (Lipinski definition) is 3. The number of carbonyl (C=O) groups excluding carboxylic acids is 1. The highest BCUT2D eigenvalue weighted by Crippen LogP contribution is 2.19. The van der Waals surface area contributed by atoms with E-state index in [2.05, 4.69) is 15.8 Å². The minimum absolute atomic E-state index is 0.0162. The maximum absolute atomic E-state index is 11.8. The third kappa shape index (κ3) is 3.15. The lowest BCUT2D eigenvalue weighted by molar-refractivity contribution is 0.240. The summed E-state index contributed by atoms with van der Waals surface area (Å²) in [6.45, 7) is 1.88. The van der Waals surface area contributed by atoms with E-state index in [4.69, 9.17) is 10.9 Å². The summed E-state index contributed by atoms with van der Waals surface area (Å²) in [5.41, 5.74) is 7.66. The Hall–Kier alpha value is -2.24. The lowest BCUT2D eigenvalue weighted by Gasteiger charge is -2.26. The molecule has 0 aromatic heterocycles. The first-order chi connectivity index (χ1) is 9.10. The maximum Gasteiger partial charge on any atom is 0.319 e. The van der Waals surface area contributed by atoms with E-state index in [1.165, 1.54) is 6.42 Å². The number of amides is 2. The smallest absolute Gasteiger partial charge is 0.319 e. The normalized spacial score (nSPS) is 15.7. The Kier molecular flexibility index (Phi) is 3.89. The number of urea groups is 1. The van der Waals surface area contributed by atoms with Gasteiger partial charge in [0.15, 0.2) is 5.84 Å².